The van der Waals surface area contributed by atoms with Gasteiger partial charge in [0.1, 0.15) is 6.10 Å². The highest BCUT2D eigenvalue weighted by molar-refractivity contribution is 5.91. The minimum absolute atomic E-state index is 0.101. The number of carbonyl (C=O) groups excluding carboxylic acids is 3. The van der Waals surface area contributed by atoms with E-state index in [1.807, 2.05) is 13.8 Å². The third-order valence-corrected chi connectivity index (χ3v) is 6.61. The van der Waals surface area contributed by atoms with Gasteiger partial charge >= 0.3 is 11.9 Å². The molecule has 3 fully saturated rings. The van der Waals surface area contributed by atoms with E-state index in [1.54, 1.807) is 0 Å². The first-order valence-corrected chi connectivity index (χ1v) is 8.22. The van der Waals surface area contributed by atoms with Crippen LogP contribution in [0.2, 0.25) is 0 Å². The van der Waals surface area contributed by atoms with E-state index in [0.29, 0.717) is 19.3 Å². The second-order valence-electron chi connectivity index (χ2n) is 7.68. The van der Waals surface area contributed by atoms with Gasteiger partial charge in [0.2, 0.25) is 0 Å². The summed E-state index contributed by atoms with van der Waals surface area (Å²) in [6.45, 7) is 4.15. The Balaban J connectivity index is 2.08. The Morgan fingerprint density at radius 3 is 2.61 bits per heavy atom. The molecule has 1 aliphatic heterocycles. The number of fused-ring (bicyclic) bond motifs is 3. The van der Waals surface area contributed by atoms with Crippen molar-refractivity contribution in [2.24, 2.45) is 28.6 Å². The number of methoxy groups -OCH3 is 1. The molecule has 0 radical (unpaired) electrons. The molecule has 3 aliphatic rings. The zero-order chi connectivity index (χ0) is 17.0. The van der Waals surface area contributed by atoms with Crippen LogP contribution in [0.3, 0.4) is 0 Å². The van der Waals surface area contributed by atoms with Gasteiger partial charge in [-0.05, 0) is 36.5 Å². The van der Waals surface area contributed by atoms with Gasteiger partial charge in [0.15, 0.2) is 5.78 Å². The van der Waals surface area contributed by atoms with Crippen LogP contribution < -0.4 is 0 Å². The second kappa shape index (κ2) is 5.30. The van der Waals surface area contributed by atoms with Crippen molar-refractivity contribution < 1.29 is 29.0 Å². The van der Waals surface area contributed by atoms with Gasteiger partial charge in [0, 0.05) is 5.92 Å². The van der Waals surface area contributed by atoms with Crippen molar-refractivity contribution in [2.75, 3.05) is 13.7 Å². The molecule has 2 aliphatic carbocycles. The summed E-state index contributed by atoms with van der Waals surface area (Å²) in [6.07, 6.45) is 0.676. The molecule has 3 rings (SSSR count). The highest BCUT2D eigenvalue weighted by Gasteiger charge is 2.66. The summed E-state index contributed by atoms with van der Waals surface area (Å²) in [6, 6.07) is 0. The van der Waals surface area contributed by atoms with E-state index in [-0.39, 0.29) is 36.7 Å². The van der Waals surface area contributed by atoms with Crippen LogP contribution in [0.15, 0.2) is 0 Å². The quantitative estimate of drug-likeness (QED) is 0.726. The van der Waals surface area contributed by atoms with E-state index in [0.717, 1.165) is 0 Å². The van der Waals surface area contributed by atoms with Crippen molar-refractivity contribution in [3.63, 3.8) is 0 Å². The molecule has 0 aromatic carbocycles. The monoisotopic (exact) mass is 324 g/mol. The van der Waals surface area contributed by atoms with Crippen LogP contribution in [0.25, 0.3) is 0 Å². The van der Waals surface area contributed by atoms with Crippen LogP contribution in [-0.2, 0) is 23.9 Å². The number of rotatable bonds is 1. The Morgan fingerprint density at radius 1 is 1.26 bits per heavy atom. The third-order valence-electron chi connectivity index (χ3n) is 6.61. The van der Waals surface area contributed by atoms with Gasteiger partial charge in [-0.25, -0.2) is 0 Å². The molecule has 1 saturated heterocycles. The minimum Gasteiger partial charge on any atom is -0.469 e. The highest BCUT2D eigenvalue weighted by atomic mass is 16.5. The number of carbonyl (C=O) groups is 3. The Kier molecular flexibility index (Phi) is 3.78. The third kappa shape index (κ3) is 2.14. The lowest BCUT2D eigenvalue weighted by atomic mass is 9.43. The molecule has 0 aromatic heterocycles. The van der Waals surface area contributed by atoms with Crippen LogP contribution in [0, 0.1) is 28.6 Å². The predicted molar refractivity (Wildman–Crippen MR) is 79.1 cm³/mol. The van der Waals surface area contributed by atoms with Crippen LogP contribution in [0.5, 0.6) is 0 Å². The molecule has 6 heteroatoms. The Hall–Kier alpha value is -1.43. The molecule has 0 bridgehead atoms. The predicted octanol–water partition coefficient (Wildman–Crippen LogP) is 1.09. The van der Waals surface area contributed by atoms with Gasteiger partial charge in [0.25, 0.3) is 0 Å². The zero-order valence-electron chi connectivity index (χ0n) is 13.8. The van der Waals surface area contributed by atoms with Gasteiger partial charge < -0.3 is 14.6 Å². The standard InChI is InChI=1S/C17H24O6/c1-16-5-4-9-15(21)23-7-6-17(9,2)13(16)12(19)11(18)8-10(16)14(20)22-3/h9-11,13,18H,4-8H2,1-3H3/t9?,10-,11+,13-,16-,17-/m0/s1. The van der Waals surface area contributed by atoms with Gasteiger partial charge in [-0.1, -0.05) is 13.8 Å². The van der Waals surface area contributed by atoms with Crippen LogP contribution in [-0.4, -0.2) is 42.6 Å². The molecule has 6 atom stereocenters. The molecule has 128 valence electrons. The first-order chi connectivity index (χ1) is 10.8. The minimum atomic E-state index is -1.18. The lowest BCUT2D eigenvalue weighted by Crippen LogP contribution is -2.64. The molecule has 0 aromatic rings. The fourth-order valence-electron chi connectivity index (χ4n) is 5.40. The van der Waals surface area contributed by atoms with Crippen LogP contribution in [0.1, 0.15) is 39.5 Å². The first kappa shape index (κ1) is 16.4. The fourth-order valence-corrected chi connectivity index (χ4v) is 5.40. The van der Waals surface area contributed by atoms with E-state index in [2.05, 4.69) is 0 Å². The smallest absolute Gasteiger partial charge is 0.309 e. The molecule has 2 saturated carbocycles. The van der Waals surface area contributed by atoms with Gasteiger partial charge in [-0.2, -0.15) is 0 Å². The first-order valence-electron chi connectivity index (χ1n) is 8.22. The van der Waals surface area contributed by atoms with Crippen LogP contribution >= 0.6 is 0 Å². The molecular formula is C17H24O6. The molecular weight excluding hydrogens is 300 g/mol. The number of hydrogen-bond donors (Lipinski definition) is 1. The number of hydrogen-bond acceptors (Lipinski definition) is 6. The van der Waals surface area contributed by atoms with Crippen molar-refractivity contribution in [1.29, 1.82) is 0 Å². The second-order valence-corrected chi connectivity index (χ2v) is 7.68. The van der Waals surface area contributed by atoms with E-state index >= 15 is 0 Å². The average molecular weight is 324 g/mol. The summed E-state index contributed by atoms with van der Waals surface area (Å²) in [4.78, 5) is 37.3. The molecule has 23 heavy (non-hydrogen) atoms. The Labute approximate surface area is 135 Å². The maximum atomic E-state index is 12.8. The molecule has 1 heterocycles. The number of Topliss-reactive ketones (excluding diaryl/α,β-unsaturated/α-hetero) is 1. The molecule has 1 N–H and O–H groups in total. The maximum absolute atomic E-state index is 12.8. The number of aliphatic hydroxyl groups is 1. The summed E-state index contributed by atoms with van der Waals surface area (Å²) in [5, 5.41) is 10.2. The van der Waals surface area contributed by atoms with Crippen LogP contribution in [0.4, 0.5) is 0 Å². The van der Waals surface area contributed by atoms with E-state index in [9.17, 15) is 19.5 Å². The van der Waals surface area contributed by atoms with E-state index in [1.165, 1.54) is 7.11 Å². The van der Waals surface area contributed by atoms with Crippen molar-refractivity contribution >= 4 is 17.7 Å². The summed E-state index contributed by atoms with van der Waals surface area (Å²) in [5.74, 6) is -2.29. The van der Waals surface area contributed by atoms with E-state index < -0.39 is 28.8 Å². The molecule has 0 spiro atoms. The summed E-state index contributed by atoms with van der Waals surface area (Å²) >= 11 is 0. The molecule has 6 nitrogen and oxygen atoms in total. The zero-order valence-corrected chi connectivity index (χ0v) is 13.8. The number of aliphatic hydroxyl groups excluding tert-OH is 1. The Bertz CT molecular complexity index is 557. The van der Waals surface area contributed by atoms with Gasteiger partial charge in [0.05, 0.1) is 25.6 Å². The van der Waals surface area contributed by atoms with Crippen molar-refractivity contribution in [1.82, 2.24) is 0 Å². The number of ketones is 1. The van der Waals surface area contributed by atoms with Crippen molar-refractivity contribution in [2.45, 2.75) is 45.6 Å². The number of ether oxygens (including phenoxy) is 2. The summed E-state index contributed by atoms with van der Waals surface area (Å²) in [7, 11) is 1.33. The maximum Gasteiger partial charge on any atom is 0.309 e. The summed E-state index contributed by atoms with van der Waals surface area (Å²) in [5.41, 5.74) is -1.17. The number of esters is 2. The highest BCUT2D eigenvalue weighted by Crippen LogP contribution is 2.63. The van der Waals surface area contributed by atoms with Crippen molar-refractivity contribution in [3.05, 3.63) is 0 Å². The molecule has 0 amide bonds. The topological polar surface area (TPSA) is 89.9 Å². The number of cyclic esters (lactones) is 1. The molecule has 1 unspecified atom stereocenters. The lowest BCUT2D eigenvalue weighted by Gasteiger charge is -2.60. The fraction of sp³-hybridized carbons (Fsp3) is 0.824. The normalized spacial score (nSPS) is 46.4. The lowest BCUT2D eigenvalue weighted by molar-refractivity contribution is -0.199. The Morgan fingerprint density at radius 2 is 1.96 bits per heavy atom. The largest absolute Gasteiger partial charge is 0.469 e. The summed E-state index contributed by atoms with van der Waals surface area (Å²) < 4.78 is 10.1. The SMILES string of the molecule is COC(=O)[C@@H]1C[C@@H](O)C(=O)[C@H]2[C@@]1(C)CCC1C(=O)OCC[C@@]12C. The average Bonchev–Trinajstić information content (AvgIpc) is 2.49. The van der Waals surface area contributed by atoms with Gasteiger partial charge in [-0.3, -0.25) is 14.4 Å². The van der Waals surface area contributed by atoms with Gasteiger partial charge in [-0.15, -0.1) is 0 Å². The van der Waals surface area contributed by atoms with E-state index in [4.69, 9.17) is 9.47 Å². The van der Waals surface area contributed by atoms with Crippen molar-refractivity contribution in [3.8, 4) is 0 Å².